The molecule has 0 aliphatic carbocycles. The predicted octanol–water partition coefficient (Wildman–Crippen LogP) is 5.76. The Kier molecular flexibility index (Phi) is 5.61. The van der Waals surface area contributed by atoms with Gasteiger partial charge >= 0.3 is 0 Å². The highest BCUT2D eigenvalue weighted by molar-refractivity contribution is 6.00. The molecular formula is C25H24N4O. The monoisotopic (exact) mass is 396 g/mol. The second-order valence-electron chi connectivity index (χ2n) is 7.06. The molecule has 0 saturated heterocycles. The number of anilines is 2. The Morgan fingerprint density at radius 3 is 2.10 bits per heavy atom. The number of nitrogens with zero attached hydrogens (tertiary/aromatic N) is 4. The van der Waals surface area contributed by atoms with Crippen molar-refractivity contribution in [2.75, 3.05) is 24.1 Å². The maximum atomic E-state index is 6.07. The molecule has 5 nitrogen and oxygen atoms in total. The summed E-state index contributed by atoms with van der Waals surface area (Å²) in [6.07, 6.45) is 1.83. The molecule has 0 amide bonds. The van der Waals surface area contributed by atoms with Gasteiger partial charge in [0.25, 0.3) is 0 Å². The average Bonchev–Trinajstić information content (AvgIpc) is 3.22. The highest BCUT2D eigenvalue weighted by Crippen LogP contribution is 2.22. The number of hydrazone groups is 2. The molecule has 4 aromatic rings. The molecule has 0 bridgehead atoms. The number of rotatable bonds is 6. The van der Waals surface area contributed by atoms with Gasteiger partial charge in [0.15, 0.2) is 5.76 Å². The summed E-state index contributed by atoms with van der Waals surface area (Å²) in [5.74, 6) is 0.753. The molecule has 5 heteroatoms. The fourth-order valence-corrected chi connectivity index (χ4v) is 3.15. The third kappa shape index (κ3) is 4.41. The van der Waals surface area contributed by atoms with Crippen LogP contribution < -0.4 is 10.0 Å². The van der Waals surface area contributed by atoms with Crippen LogP contribution in [0.5, 0.6) is 0 Å². The number of fused-ring (bicyclic) bond motifs is 1. The predicted molar refractivity (Wildman–Crippen MR) is 126 cm³/mol. The van der Waals surface area contributed by atoms with E-state index < -0.39 is 0 Å². The van der Waals surface area contributed by atoms with Crippen molar-refractivity contribution < 1.29 is 4.42 Å². The van der Waals surface area contributed by atoms with Crippen LogP contribution in [0.25, 0.3) is 11.0 Å². The quantitative estimate of drug-likeness (QED) is 0.307. The van der Waals surface area contributed by atoms with Gasteiger partial charge in [-0.2, -0.15) is 10.2 Å². The molecule has 0 saturated carbocycles. The lowest BCUT2D eigenvalue weighted by Crippen LogP contribution is -2.11. The first-order valence-corrected chi connectivity index (χ1v) is 9.81. The van der Waals surface area contributed by atoms with Gasteiger partial charge in [-0.15, -0.1) is 0 Å². The van der Waals surface area contributed by atoms with E-state index in [1.807, 2.05) is 122 Å². The van der Waals surface area contributed by atoms with Gasteiger partial charge in [-0.1, -0.05) is 48.5 Å². The molecule has 3 aromatic carbocycles. The smallest absolute Gasteiger partial charge is 0.151 e. The van der Waals surface area contributed by atoms with Gasteiger partial charge in [-0.05, 0) is 48.9 Å². The Balaban J connectivity index is 1.53. The molecule has 150 valence electrons. The van der Waals surface area contributed by atoms with Gasteiger partial charge in [-0.3, -0.25) is 10.0 Å². The van der Waals surface area contributed by atoms with Crippen LogP contribution in [-0.2, 0) is 0 Å². The summed E-state index contributed by atoms with van der Waals surface area (Å²) in [5, 5.41) is 13.9. The number of para-hydroxylation sites is 2. The minimum Gasteiger partial charge on any atom is -0.455 e. The van der Waals surface area contributed by atoms with Gasteiger partial charge in [0.2, 0.25) is 0 Å². The molecule has 1 heterocycles. The maximum Gasteiger partial charge on any atom is 0.151 e. The summed E-state index contributed by atoms with van der Waals surface area (Å²) in [6.45, 7) is 1.95. The SMILES string of the molecule is CC(=NN(C)c1ccccc1)c1cc2ccc(C=NN(C)c3ccccc3)cc2o1. The molecule has 0 fully saturated rings. The molecule has 1 aromatic heterocycles. The molecule has 30 heavy (non-hydrogen) atoms. The lowest BCUT2D eigenvalue weighted by molar-refractivity contribution is 0.603. The van der Waals surface area contributed by atoms with Crippen molar-refractivity contribution in [2.45, 2.75) is 6.92 Å². The van der Waals surface area contributed by atoms with Crippen LogP contribution >= 0.6 is 0 Å². The van der Waals surface area contributed by atoms with E-state index in [1.54, 1.807) is 0 Å². The number of hydrogen-bond donors (Lipinski definition) is 0. The van der Waals surface area contributed by atoms with Crippen molar-refractivity contribution in [1.82, 2.24) is 0 Å². The second-order valence-corrected chi connectivity index (χ2v) is 7.06. The highest BCUT2D eigenvalue weighted by atomic mass is 16.3. The molecular weight excluding hydrogens is 372 g/mol. The lowest BCUT2D eigenvalue weighted by Gasteiger charge is -2.13. The minimum absolute atomic E-state index is 0.753. The molecule has 0 atom stereocenters. The number of hydrogen-bond acceptors (Lipinski definition) is 5. The van der Waals surface area contributed by atoms with E-state index in [-0.39, 0.29) is 0 Å². The largest absolute Gasteiger partial charge is 0.455 e. The van der Waals surface area contributed by atoms with Crippen LogP contribution in [0.2, 0.25) is 0 Å². The lowest BCUT2D eigenvalue weighted by atomic mass is 10.2. The standard InChI is InChI=1S/C25H24N4O/c1-19(27-29(3)23-12-8-5-9-13-23)24-17-21-15-14-20(16-25(21)30-24)18-26-28(2)22-10-6-4-7-11-22/h4-18H,1-3H3. The van der Waals surface area contributed by atoms with E-state index in [0.717, 1.165) is 39.4 Å². The molecule has 0 spiro atoms. The summed E-state index contributed by atoms with van der Waals surface area (Å²) in [7, 11) is 3.86. The molecule has 0 radical (unpaired) electrons. The fourth-order valence-electron chi connectivity index (χ4n) is 3.15. The molecule has 0 aliphatic heterocycles. The van der Waals surface area contributed by atoms with E-state index in [2.05, 4.69) is 10.2 Å². The molecule has 0 aliphatic rings. The average molecular weight is 396 g/mol. The van der Waals surface area contributed by atoms with Gasteiger partial charge in [-0.25, -0.2) is 0 Å². The number of furan rings is 1. The van der Waals surface area contributed by atoms with Crippen molar-refractivity contribution in [3.05, 3.63) is 96.3 Å². The Bertz CT molecular complexity index is 1180. The summed E-state index contributed by atoms with van der Waals surface area (Å²) < 4.78 is 6.07. The fraction of sp³-hybridized carbons (Fsp3) is 0.120. The molecule has 0 unspecified atom stereocenters. The molecule has 0 N–H and O–H groups in total. The Morgan fingerprint density at radius 1 is 0.800 bits per heavy atom. The zero-order valence-electron chi connectivity index (χ0n) is 17.4. The van der Waals surface area contributed by atoms with Gasteiger partial charge in [0.1, 0.15) is 11.3 Å². The van der Waals surface area contributed by atoms with E-state index in [9.17, 15) is 0 Å². The van der Waals surface area contributed by atoms with Crippen LogP contribution in [0.4, 0.5) is 11.4 Å². The topological polar surface area (TPSA) is 44.3 Å². The van der Waals surface area contributed by atoms with Crippen LogP contribution in [0, 0.1) is 0 Å². The summed E-state index contributed by atoms with van der Waals surface area (Å²) in [5.41, 5.74) is 4.66. The third-order valence-electron chi connectivity index (χ3n) is 4.84. The maximum absolute atomic E-state index is 6.07. The van der Waals surface area contributed by atoms with Crippen molar-refractivity contribution in [3.8, 4) is 0 Å². The van der Waals surface area contributed by atoms with Crippen molar-refractivity contribution in [3.63, 3.8) is 0 Å². The summed E-state index contributed by atoms with van der Waals surface area (Å²) in [4.78, 5) is 0. The summed E-state index contributed by atoms with van der Waals surface area (Å²) >= 11 is 0. The zero-order valence-corrected chi connectivity index (χ0v) is 17.4. The van der Waals surface area contributed by atoms with Gasteiger partial charge in [0, 0.05) is 19.5 Å². The van der Waals surface area contributed by atoms with Crippen molar-refractivity contribution in [2.24, 2.45) is 10.2 Å². The highest BCUT2D eigenvalue weighted by Gasteiger charge is 2.09. The minimum atomic E-state index is 0.753. The van der Waals surface area contributed by atoms with Crippen molar-refractivity contribution >= 4 is 34.3 Å². The van der Waals surface area contributed by atoms with E-state index in [0.29, 0.717) is 0 Å². The van der Waals surface area contributed by atoms with Crippen LogP contribution in [0.15, 0.2) is 99.5 Å². The van der Waals surface area contributed by atoms with Crippen LogP contribution in [0.3, 0.4) is 0 Å². The van der Waals surface area contributed by atoms with E-state index in [4.69, 9.17) is 4.42 Å². The van der Waals surface area contributed by atoms with Crippen LogP contribution in [-0.4, -0.2) is 26.0 Å². The second kappa shape index (κ2) is 8.66. The van der Waals surface area contributed by atoms with E-state index >= 15 is 0 Å². The summed E-state index contributed by atoms with van der Waals surface area (Å²) in [6, 6.07) is 28.1. The van der Waals surface area contributed by atoms with E-state index in [1.165, 1.54) is 0 Å². The Hall–Kier alpha value is -3.86. The first kappa shape index (κ1) is 19.5. The zero-order chi connectivity index (χ0) is 20.9. The number of benzene rings is 3. The Labute approximate surface area is 176 Å². The normalized spacial score (nSPS) is 11.9. The first-order chi connectivity index (χ1) is 14.6. The van der Waals surface area contributed by atoms with Gasteiger partial charge in [0.05, 0.1) is 17.6 Å². The Morgan fingerprint density at radius 2 is 1.43 bits per heavy atom. The third-order valence-corrected chi connectivity index (χ3v) is 4.84. The molecule has 4 rings (SSSR count). The first-order valence-electron chi connectivity index (χ1n) is 9.81. The van der Waals surface area contributed by atoms with Crippen molar-refractivity contribution in [1.29, 1.82) is 0 Å². The van der Waals surface area contributed by atoms with Crippen LogP contribution in [0.1, 0.15) is 18.2 Å². The van der Waals surface area contributed by atoms with Gasteiger partial charge < -0.3 is 4.42 Å².